The van der Waals surface area contributed by atoms with Crippen molar-refractivity contribution in [3.63, 3.8) is 0 Å². The molecule has 1 N–H and O–H groups in total. The molecule has 0 aliphatic carbocycles. The van der Waals surface area contributed by atoms with Crippen LogP contribution in [0.5, 0.6) is 5.75 Å². The van der Waals surface area contributed by atoms with E-state index >= 15 is 0 Å². The van der Waals surface area contributed by atoms with Crippen molar-refractivity contribution in [2.75, 3.05) is 33.8 Å². The van der Waals surface area contributed by atoms with Gasteiger partial charge in [-0.05, 0) is 68.7 Å². The summed E-state index contributed by atoms with van der Waals surface area (Å²) in [5, 5.41) is 13.0. The number of ketones is 1. The van der Waals surface area contributed by atoms with Gasteiger partial charge in [0.2, 0.25) is 0 Å². The van der Waals surface area contributed by atoms with Gasteiger partial charge in [-0.15, -0.1) is 11.3 Å². The van der Waals surface area contributed by atoms with Crippen LogP contribution >= 0.6 is 11.3 Å². The fourth-order valence-electron chi connectivity index (χ4n) is 3.54. The first-order valence-corrected chi connectivity index (χ1v) is 11.4. The van der Waals surface area contributed by atoms with Gasteiger partial charge in [-0.2, -0.15) is 0 Å². The van der Waals surface area contributed by atoms with Crippen LogP contribution in [0.2, 0.25) is 0 Å². The van der Waals surface area contributed by atoms with E-state index in [0.29, 0.717) is 30.4 Å². The maximum atomic E-state index is 12.9. The number of aliphatic hydroxyl groups is 1. The lowest BCUT2D eigenvalue weighted by molar-refractivity contribution is -0.139. The van der Waals surface area contributed by atoms with E-state index in [-0.39, 0.29) is 11.3 Å². The number of Topliss-reactive ketones (excluding diaryl/α,β-unsaturated/α-hetero) is 1. The number of carbonyl (C=O) groups excluding carboxylic acids is 2. The molecule has 1 aromatic heterocycles. The van der Waals surface area contributed by atoms with Crippen LogP contribution in [0.4, 0.5) is 0 Å². The van der Waals surface area contributed by atoms with Crippen molar-refractivity contribution in [3.05, 3.63) is 57.8 Å². The van der Waals surface area contributed by atoms with E-state index in [1.54, 1.807) is 29.2 Å². The van der Waals surface area contributed by atoms with Gasteiger partial charge < -0.3 is 19.6 Å². The van der Waals surface area contributed by atoms with Gasteiger partial charge in [-0.3, -0.25) is 9.59 Å². The van der Waals surface area contributed by atoms with Crippen molar-refractivity contribution in [1.29, 1.82) is 0 Å². The third kappa shape index (κ3) is 5.35. The molecule has 1 aromatic carbocycles. The van der Waals surface area contributed by atoms with Crippen LogP contribution in [0, 0.1) is 5.92 Å². The van der Waals surface area contributed by atoms with Crippen molar-refractivity contribution < 1.29 is 19.4 Å². The maximum Gasteiger partial charge on any atom is 0.295 e. The summed E-state index contributed by atoms with van der Waals surface area (Å²) < 4.78 is 5.70. The summed E-state index contributed by atoms with van der Waals surface area (Å²) in [6.45, 7) is 5.99. The Kier molecular flexibility index (Phi) is 7.51. The molecule has 31 heavy (non-hydrogen) atoms. The van der Waals surface area contributed by atoms with E-state index < -0.39 is 17.7 Å². The minimum Gasteiger partial charge on any atom is -0.507 e. The second kappa shape index (κ2) is 10.1. The lowest BCUT2D eigenvalue weighted by Crippen LogP contribution is -2.32. The first-order valence-electron chi connectivity index (χ1n) is 10.5. The van der Waals surface area contributed by atoms with Crippen molar-refractivity contribution in [3.8, 4) is 5.75 Å². The molecule has 0 bridgehead atoms. The molecular formula is C24H30N2O4S. The second-order valence-corrected chi connectivity index (χ2v) is 9.37. The van der Waals surface area contributed by atoms with Gasteiger partial charge in [0.1, 0.15) is 11.5 Å². The van der Waals surface area contributed by atoms with Gasteiger partial charge in [0.05, 0.1) is 18.2 Å². The molecule has 2 heterocycles. The summed E-state index contributed by atoms with van der Waals surface area (Å²) in [4.78, 5) is 30.3. The number of carbonyl (C=O) groups is 2. The molecular weight excluding hydrogens is 412 g/mol. The fraction of sp³-hybridized carbons (Fsp3) is 0.417. The normalized spacial score (nSPS) is 18.4. The van der Waals surface area contributed by atoms with E-state index in [1.807, 2.05) is 36.5 Å². The quantitative estimate of drug-likeness (QED) is 0.359. The van der Waals surface area contributed by atoms with Crippen molar-refractivity contribution in [1.82, 2.24) is 9.80 Å². The maximum absolute atomic E-state index is 12.9. The van der Waals surface area contributed by atoms with E-state index in [9.17, 15) is 14.7 Å². The van der Waals surface area contributed by atoms with Gasteiger partial charge >= 0.3 is 0 Å². The Bertz CT molecular complexity index is 933. The minimum absolute atomic E-state index is 0.146. The molecule has 0 radical (unpaired) electrons. The Labute approximate surface area is 187 Å². The van der Waals surface area contributed by atoms with Crippen LogP contribution in [0.1, 0.15) is 36.8 Å². The number of thiophene rings is 1. The second-order valence-electron chi connectivity index (χ2n) is 8.39. The zero-order chi connectivity index (χ0) is 22.5. The highest BCUT2D eigenvalue weighted by atomic mass is 32.1. The third-order valence-corrected chi connectivity index (χ3v) is 5.99. The van der Waals surface area contributed by atoms with Crippen LogP contribution in [-0.4, -0.2) is 60.4 Å². The van der Waals surface area contributed by atoms with E-state index in [1.165, 1.54) is 11.3 Å². The molecule has 1 fully saturated rings. The Morgan fingerprint density at radius 2 is 1.90 bits per heavy atom. The van der Waals surface area contributed by atoms with Gasteiger partial charge in [0, 0.05) is 17.0 Å². The number of hydrogen-bond acceptors (Lipinski definition) is 6. The summed E-state index contributed by atoms with van der Waals surface area (Å²) in [5.41, 5.74) is 0.637. The van der Waals surface area contributed by atoms with Gasteiger partial charge in [-0.25, -0.2) is 0 Å². The minimum atomic E-state index is -0.638. The van der Waals surface area contributed by atoms with Gasteiger partial charge in [-0.1, -0.05) is 19.9 Å². The summed E-state index contributed by atoms with van der Waals surface area (Å²) >= 11 is 1.47. The monoisotopic (exact) mass is 442 g/mol. The fourth-order valence-corrected chi connectivity index (χ4v) is 4.38. The first kappa shape index (κ1) is 23.0. The molecule has 1 saturated heterocycles. The number of aliphatic hydroxyl groups excluding tert-OH is 1. The zero-order valence-corrected chi connectivity index (χ0v) is 19.3. The molecule has 166 valence electrons. The number of benzene rings is 1. The summed E-state index contributed by atoms with van der Waals surface area (Å²) in [6.07, 6.45) is 0.740. The molecule has 1 aliphatic heterocycles. The number of hydrogen-bond donors (Lipinski definition) is 1. The molecule has 2 aromatic rings. The molecule has 7 heteroatoms. The first-order chi connectivity index (χ1) is 14.8. The number of amides is 1. The molecule has 0 unspecified atom stereocenters. The Morgan fingerprint density at radius 1 is 1.19 bits per heavy atom. The van der Waals surface area contributed by atoms with Crippen molar-refractivity contribution in [2.24, 2.45) is 5.92 Å². The molecule has 1 aliphatic rings. The van der Waals surface area contributed by atoms with Crippen LogP contribution < -0.4 is 4.74 Å². The van der Waals surface area contributed by atoms with Crippen molar-refractivity contribution in [2.45, 2.75) is 26.3 Å². The summed E-state index contributed by atoms with van der Waals surface area (Å²) in [5.74, 6) is -0.245. The van der Waals surface area contributed by atoms with Gasteiger partial charge in [0.25, 0.3) is 11.7 Å². The van der Waals surface area contributed by atoms with E-state index in [2.05, 4.69) is 13.8 Å². The zero-order valence-electron chi connectivity index (χ0n) is 18.5. The number of ether oxygens (including phenoxy) is 1. The topological polar surface area (TPSA) is 70.1 Å². The van der Waals surface area contributed by atoms with Crippen LogP contribution in [0.15, 0.2) is 47.4 Å². The molecule has 1 atom stereocenters. The Morgan fingerprint density at radius 3 is 2.48 bits per heavy atom. The average molecular weight is 443 g/mol. The average Bonchev–Trinajstić information content (AvgIpc) is 3.34. The largest absolute Gasteiger partial charge is 0.507 e. The Balaban J connectivity index is 1.93. The molecule has 3 rings (SSSR count). The predicted octanol–water partition coefficient (Wildman–Crippen LogP) is 4.16. The number of likely N-dealkylation sites (tertiary alicyclic amines) is 1. The smallest absolute Gasteiger partial charge is 0.295 e. The van der Waals surface area contributed by atoms with Crippen molar-refractivity contribution >= 4 is 28.8 Å². The molecule has 0 saturated carbocycles. The van der Waals surface area contributed by atoms with E-state index in [0.717, 1.165) is 17.8 Å². The summed E-state index contributed by atoms with van der Waals surface area (Å²) in [6, 6.07) is 10.2. The van der Waals surface area contributed by atoms with E-state index in [4.69, 9.17) is 4.74 Å². The molecule has 1 amide bonds. The number of rotatable bonds is 9. The third-order valence-electron chi connectivity index (χ3n) is 5.07. The standard InChI is InChI=1S/C24H30N2O4S/c1-16(2)15-30-18-10-8-17(9-11-18)22(27)20-21(19-7-5-14-31-19)26(24(29)23(20)28)13-6-12-25(3)4/h5,7-11,14,16,21,27H,6,12-13,15H2,1-4H3/t21-/m0/s1. The Hall–Kier alpha value is -2.64. The SMILES string of the molecule is CC(C)COc1ccc(C(O)=C2C(=O)C(=O)N(CCCN(C)C)[C@H]2c2cccs2)cc1. The van der Waals surface area contributed by atoms with Crippen LogP contribution in [-0.2, 0) is 9.59 Å². The van der Waals surface area contributed by atoms with Crippen LogP contribution in [0.3, 0.4) is 0 Å². The lowest BCUT2D eigenvalue weighted by atomic mass is 10.00. The van der Waals surface area contributed by atoms with Gasteiger partial charge in [0.15, 0.2) is 0 Å². The van der Waals surface area contributed by atoms with Crippen LogP contribution in [0.25, 0.3) is 5.76 Å². The highest BCUT2D eigenvalue weighted by Crippen LogP contribution is 2.41. The molecule has 0 spiro atoms. The highest BCUT2D eigenvalue weighted by Gasteiger charge is 2.46. The molecule has 6 nitrogen and oxygen atoms in total. The lowest BCUT2D eigenvalue weighted by Gasteiger charge is -2.24. The highest BCUT2D eigenvalue weighted by molar-refractivity contribution is 7.10. The summed E-state index contributed by atoms with van der Waals surface area (Å²) in [7, 11) is 3.94. The predicted molar refractivity (Wildman–Crippen MR) is 123 cm³/mol. The number of nitrogens with zero attached hydrogens (tertiary/aromatic N) is 2.